The molecule has 0 saturated heterocycles. The maximum atomic E-state index is 13.4. The Labute approximate surface area is 239 Å². The molecule has 1 amide bonds. The number of hydrogen-bond acceptors (Lipinski definition) is 9. The lowest BCUT2D eigenvalue weighted by Crippen LogP contribution is -2.39. The molecule has 2 aliphatic rings. The summed E-state index contributed by atoms with van der Waals surface area (Å²) < 4.78 is 22.4. The maximum Gasteiger partial charge on any atom is 0.338 e. The lowest BCUT2D eigenvalue weighted by atomic mass is 9.93. The van der Waals surface area contributed by atoms with Crippen molar-refractivity contribution in [3.63, 3.8) is 0 Å². The average molecular weight is 566 g/mol. The van der Waals surface area contributed by atoms with Crippen LogP contribution in [0.1, 0.15) is 44.4 Å². The molecule has 1 unspecified atom stereocenters. The smallest absolute Gasteiger partial charge is 0.338 e. The second-order valence-electron chi connectivity index (χ2n) is 9.61. The number of nitrogens with zero attached hydrogens (tertiary/aromatic N) is 2. The van der Waals surface area contributed by atoms with Crippen LogP contribution in [0, 0.1) is 0 Å². The molecule has 0 radical (unpaired) electrons. The first kappa shape index (κ1) is 29.2. The average Bonchev–Trinajstić information content (AvgIpc) is 3.32. The monoisotopic (exact) mass is 565 g/mol. The maximum absolute atomic E-state index is 13.4. The molecular weight excluding hydrogens is 530 g/mol. The Hall–Kier alpha value is -3.76. The number of esters is 1. The molecule has 0 aromatic heterocycles. The molecule has 0 aliphatic carbocycles. The van der Waals surface area contributed by atoms with E-state index < -0.39 is 12.0 Å². The molecule has 0 bridgehead atoms. The number of hydrogen-bond donors (Lipinski definition) is 1. The second kappa shape index (κ2) is 13.5. The van der Waals surface area contributed by atoms with Crippen molar-refractivity contribution in [1.82, 2.24) is 10.2 Å². The Kier molecular flexibility index (Phi) is 9.89. The van der Waals surface area contributed by atoms with Crippen LogP contribution in [0.4, 0.5) is 0 Å². The third kappa shape index (κ3) is 6.86. The van der Waals surface area contributed by atoms with Crippen LogP contribution in [0.25, 0.3) is 0 Å². The van der Waals surface area contributed by atoms with Gasteiger partial charge in [-0.1, -0.05) is 48.2 Å². The van der Waals surface area contributed by atoms with Gasteiger partial charge in [-0.15, -0.1) is 0 Å². The highest BCUT2D eigenvalue weighted by molar-refractivity contribution is 8.16. The number of benzene rings is 2. The van der Waals surface area contributed by atoms with E-state index in [9.17, 15) is 9.59 Å². The standard InChI is InChI=1S/C30H35N3O6S/c1-19(2)31-26(34)16-23-18-40-30-32-20(3)27(29(35)38-14-13-36-4)28(33(23)30)22-11-12-24(25(15-22)37-5)39-17-21-9-7-6-8-10-21/h6-12,15,18-19,28H,13-14,16-17H2,1-5H3,(H,31,34). The minimum atomic E-state index is -0.590. The minimum Gasteiger partial charge on any atom is -0.493 e. The Bertz CT molecular complexity index is 1320. The predicted molar refractivity (Wildman–Crippen MR) is 155 cm³/mol. The van der Waals surface area contributed by atoms with Gasteiger partial charge in [0.1, 0.15) is 13.2 Å². The highest BCUT2D eigenvalue weighted by Gasteiger charge is 2.41. The van der Waals surface area contributed by atoms with E-state index in [4.69, 9.17) is 23.9 Å². The molecule has 1 N–H and O–H groups in total. The summed E-state index contributed by atoms with van der Waals surface area (Å²) in [6.45, 7) is 6.40. The molecule has 0 fully saturated rings. The van der Waals surface area contributed by atoms with Crippen molar-refractivity contribution in [1.29, 1.82) is 0 Å². The van der Waals surface area contributed by atoms with E-state index >= 15 is 0 Å². The van der Waals surface area contributed by atoms with Gasteiger partial charge in [0.05, 0.1) is 37.4 Å². The number of methoxy groups -OCH3 is 2. The molecule has 2 aliphatic heterocycles. The van der Waals surface area contributed by atoms with Crippen LogP contribution in [0.3, 0.4) is 0 Å². The lowest BCUT2D eigenvalue weighted by Gasteiger charge is -2.36. The number of amidine groups is 1. The number of carbonyl (C=O) groups excluding carboxylic acids is 2. The predicted octanol–water partition coefficient (Wildman–Crippen LogP) is 4.95. The van der Waals surface area contributed by atoms with Gasteiger partial charge in [0.25, 0.3) is 0 Å². The fraction of sp³-hybridized carbons (Fsp3) is 0.367. The van der Waals surface area contributed by atoms with Gasteiger partial charge in [-0.25, -0.2) is 9.79 Å². The van der Waals surface area contributed by atoms with Gasteiger partial charge in [-0.3, -0.25) is 4.79 Å². The first-order chi connectivity index (χ1) is 19.3. The van der Waals surface area contributed by atoms with E-state index in [-0.39, 0.29) is 31.6 Å². The van der Waals surface area contributed by atoms with Crippen LogP contribution >= 0.6 is 11.8 Å². The van der Waals surface area contributed by atoms with Crippen molar-refractivity contribution >= 4 is 28.8 Å². The molecule has 10 heteroatoms. The number of rotatable bonds is 12. The molecule has 2 aromatic rings. The second-order valence-corrected chi connectivity index (χ2v) is 10.4. The van der Waals surface area contributed by atoms with E-state index in [2.05, 4.69) is 5.32 Å². The molecule has 212 valence electrons. The van der Waals surface area contributed by atoms with Crippen LogP contribution in [0.15, 0.2) is 75.9 Å². The summed E-state index contributed by atoms with van der Waals surface area (Å²) in [7, 11) is 3.13. The van der Waals surface area contributed by atoms with Crippen LogP contribution in [-0.4, -0.2) is 55.4 Å². The molecule has 0 saturated carbocycles. The highest BCUT2D eigenvalue weighted by atomic mass is 32.2. The van der Waals surface area contributed by atoms with Crippen LogP contribution in [0.5, 0.6) is 11.5 Å². The van der Waals surface area contributed by atoms with Gasteiger partial charge >= 0.3 is 5.97 Å². The van der Waals surface area contributed by atoms with E-state index in [1.807, 2.05) is 72.7 Å². The lowest BCUT2D eigenvalue weighted by molar-refractivity contribution is -0.141. The number of carbonyl (C=O) groups is 2. The number of allylic oxidation sites excluding steroid dienone is 1. The largest absolute Gasteiger partial charge is 0.493 e. The molecule has 2 heterocycles. The summed E-state index contributed by atoms with van der Waals surface area (Å²) in [6, 6.07) is 14.9. The van der Waals surface area contributed by atoms with Gasteiger partial charge < -0.3 is 29.2 Å². The summed E-state index contributed by atoms with van der Waals surface area (Å²) in [5.41, 5.74) is 3.48. The van der Waals surface area contributed by atoms with Gasteiger partial charge in [0.15, 0.2) is 16.7 Å². The summed E-state index contributed by atoms with van der Waals surface area (Å²) in [6.07, 6.45) is 0.140. The zero-order valence-electron chi connectivity index (χ0n) is 23.4. The molecule has 40 heavy (non-hydrogen) atoms. The van der Waals surface area contributed by atoms with Crippen molar-refractivity contribution in [3.8, 4) is 11.5 Å². The van der Waals surface area contributed by atoms with Gasteiger partial charge in [0.2, 0.25) is 5.91 Å². The third-order valence-electron chi connectivity index (χ3n) is 6.27. The number of amides is 1. The Morgan fingerprint density at radius 3 is 2.55 bits per heavy atom. The number of fused-ring (bicyclic) bond motifs is 1. The Morgan fingerprint density at radius 2 is 1.85 bits per heavy atom. The number of ether oxygens (including phenoxy) is 4. The van der Waals surface area contributed by atoms with Crippen molar-refractivity contribution in [2.45, 2.75) is 45.9 Å². The molecule has 9 nitrogen and oxygen atoms in total. The quantitative estimate of drug-likeness (QED) is 0.285. The first-order valence-corrected chi connectivity index (χ1v) is 13.9. The van der Waals surface area contributed by atoms with Crippen LogP contribution < -0.4 is 14.8 Å². The zero-order valence-corrected chi connectivity index (χ0v) is 24.2. The van der Waals surface area contributed by atoms with Crippen molar-refractivity contribution in [2.75, 3.05) is 27.4 Å². The highest BCUT2D eigenvalue weighted by Crippen LogP contribution is 2.46. The SMILES string of the molecule is COCCOC(=O)C1=C(C)N=C2SC=C(CC(=O)NC(C)C)N2C1c1ccc(OCc2ccccc2)c(OC)c1. The molecular formula is C30H35N3O6S. The van der Waals surface area contributed by atoms with Crippen molar-refractivity contribution in [2.24, 2.45) is 4.99 Å². The zero-order chi connectivity index (χ0) is 28.6. The van der Waals surface area contributed by atoms with Gasteiger partial charge in [0, 0.05) is 18.8 Å². The summed E-state index contributed by atoms with van der Waals surface area (Å²) in [4.78, 5) is 32.8. The Morgan fingerprint density at radius 1 is 1.07 bits per heavy atom. The third-order valence-corrected chi connectivity index (χ3v) is 7.16. The Balaban J connectivity index is 1.69. The summed E-state index contributed by atoms with van der Waals surface area (Å²) in [5.74, 6) is 0.498. The summed E-state index contributed by atoms with van der Waals surface area (Å²) in [5, 5.41) is 5.54. The molecule has 4 rings (SSSR count). The molecule has 0 spiro atoms. The van der Waals surface area contributed by atoms with E-state index in [1.54, 1.807) is 21.1 Å². The minimum absolute atomic E-state index is 0.00796. The van der Waals surface area contributed by atoms with E-state index in [0.717, 1.165) is 16.8 Å². The molecule has 1 atom stereocenters. The number of thioether (sulfide) groups is 1. The molecule has 2 aromatic carbocycles. The van der Waals surface area contributed by atoms with Gasteiger partial charge in [-0.2, -0.15) is 0 Å². The van der Waals surface area contributed by atoms with Crippen molar-refractivity contribution in [3.05, 3.63) is 82.0 Å². The summed E-state index contributed by atoms with van der Waals surface area (Å²) >= 11 is 1.42. The van der Waals surface area contributed by atoms with E-state index in [0.29, 0.717) is 34.5 Å². The van der Waals surface area contributed by atoms with Crippen LogP contribution in [-0.2, 0) is 25.7 Å². The van der Waals surface area contributed by atoms with Crippen LogP contribution in [0.2, 0.25) is 0 Å². The normalized spacial score (nSPS) is 16.4. The number of aliphatic imine (C=N–C) groups is 1. The number of nitrogens with one attached hydrogen (secondary N) is 1. The fourth-order valence-electron chi connectivity index (χ4n) is 4.49. The first-order valence-electron chi connectivity index (χ1n) is 13.1. The fourth-order valence-corrected chi connectivity index (χ4v) is 5.45. The topological polar surface area (TPSA) is 98.7 Å². The van der Waals surface area contributed by atoms with Gasteiger partial charge in [-0.05, 0) is 49.4 Å². The van der Waals surface area contributed by atoms with Crippen molar-refractivity contribution < 1.29 is 28.5 Å². The van der Waals surface area contributed by atoms with E-state index in [1.165, 1.54) is 11.8 Å².